The van der Waals surface area contributed by atoms with Gasteiger partial charge in [0.1, 0.15) is 11.3 Å². The van der Waals surface area contributed by atoms with Crippen molar-refractivity contribution in [3.8, 4) is 11.5 Å². The smallest absolute Gasteiger partial charge is 0.222 e. The van der Waals surface area contributed by atoms with Crippen molar-refractivity contribution in [3.05, 3.63) is 36.0 Å². The lowest BCUT2D eigenvalue weighted by Crippen LogP contribution is -1.96. The number of rotatable bonds is 1. The molecule has 0 spiro atoms. The van der Waals surface area contributed by atoms with E-state index in [1.54, 1.807) is 6.20 Å². The lowest BCUT2D eigenvalue weighted by atomic mass is 10.1. The van der Waals surface area contributed by atoms with Gasteiger partial charge in [0.15, 0.2) is 11.4 Å². The van der Waals surface area contributed by atoms with Crippen LogP contribution in [0.4, 0.5) is 5.95 Å². The molecular formula is C14H11N5O. The topological polar surface area (TPSA) is 93.6 Å². The van der Waals surface area contributed by atoms with E-state index >= 15 is 0 Å². The Balaban J connectivity index is 2.05. The van der Waals surface area contributed by atoms with Crippen LogP contribution in [0.3, 0.4) is 0 Å². The largest absolute Gasteiger partial charge is 0.454 e. The highest BCUT2D eigenvalue weighted by molar-refractivity contribution is 5.93. The van der Waals surface area contributed by atoms with Gasteiger partial charge in [-0.2, -0.15) is 10.1 Å². The maximum atomic E-state index is 5.93. The van der Waals surface area contributed by atoms with Crippen LogP contribution < -0.4 is 5.73 Å². The van der Waals surface area contributed by atoms with Gasteiger partial charge < -0.3 is 10.2 Å². The molecule has 1 aromatic carbocycles. The highest BCUT2D eigenvalue weighted by atomic mass is 16.3. The molecule has 3 aromatic heterocycles. The molecule has 0 radical (unpaired) electrons. The van der Waals surface area contributed by atoms with Gasteiger partial charge in [0, 0.05) is 5.39 Å². The van der Waals surface area contributed by atoms with E-state index in [0.29, 0.717) is 17.1 Å². The molecule has 0 aliphatic heterocycles. The molecule has 4 rings (SSSR count). The maximum Gasteiger partial charge on any atom is 0.222 e. The number of aromatic nitrogens is 4. The first kappa shape index (κ1) is 11.0. The van der Waals surface area contributed by atoms with Crippen molar-refractivity contribution in [1.82, 2.24) is 20.2 Å². The van der Waals surface area contributed by atoms with E-state index in [0.717, 1.165) is 21.9 Å². The normalized spacial score (nSPS) is 11.4. The summed E-state index contributed by atoms with van der Waals surface area (Å²) in [6.45, 7) is 2.01. The van der Waals surface area contributed by atoms with Crippen molar-refractivity contribution in [1.29, 1.82) is 0 Å². The van der Waals surface area contributed by atoms with Crippen LogP contribution in [-0.2, 0) is 0 Å². The maximum absolute atomic E-state index is 5.93. The number of fused-ring (bicyclic) bond motifs is 2. The van der Waals surface area contributed by atoms with Gasteiger partial charge in [0.05, 0.1) is 11.6 Å². The summed E-state index contributed by atoms with van der Waals surface area (Å²) in [5.41, 5.74) is 8.93. The van der Waals surface area contributed by atoms with Gasteiger partial charge in [0.25, 0.3) is 0 Å². The zero-order chi connectivity index (χ0) is 13.7. The van der Waals surface area contributed by atoms with Crippen LogP contribution in [0.15, 0.2) is 34.9 Å². The molecular weight excluding hydrogens is 254 g/mol. The summed E-state index contributed by atoms with van der Waals surface area (Å²) in [4.78, 5) is 8.38. The van der Waals surface area contributed by atoms with Crippen LogP contribution in [0, 0.1) is 6.92 Å². The first-order valence-electron chi connectivity index (χ1n) is 6.18. The van der Waals surface area contributed by atoms with E-state index < -0.39 is 0 Å². The lowest BCUT2D eigenvalue weighted by Gasteiger charge is -1.99. The second-order valence-electron chi connectivity index (χ2n) is 4.67. The number of anilines is 1. The predicted molar refractivity (Wildman–Crippen MR) is 76.0 cm³/mol. The Hall–Kier alpha value is -2.89. The summed E-state index contributed by atoms with van der Waals surface area (Å²) in [5, 5.41) is 8.59. The molecule has 0 aliphatic rings. The number of nitrogens with one attached hydrogen (secondary N) is 1. The fourth-order valence-corrected chi connectivity index (χ4v) is 2.37. The van der Waals surface area contributed by atoms with Gasteiger partial charge in [0.2, 0.25) is 5.95 Å². The second-order valence-corrected chi connectivity index (χ2v) is 4.67. The predicted octanol–water partition coefficient (Wildman–Crippen LogP) is 2.66. The van der Waals surface area contributed by atoms with E-state index in [2.05, 4.69) is 20.2 Å². The molecule has 0 saturated heterocycles. The second kappa shape index (κ2) is 3.80. The Labute approximate surface area is 113 Å². The van der Waals surface area contributed by atoms with Crippen molar-refractivity contribution in [2.75, 3.05) is 5.73 Å². The molecule has 0 unspecified atom stereocenters. The van der Waals surface area contributed by atoms with Crippen molar-refractivity contribution in [2.24, 2.45) is 0 Å². The summed E-state index contributed by atoms with van der Waals surface area (Å²) in [7, 11) is 0. The van der Waals surface area contributed by atoms with Crippen molar-refractivity contribution < 1.29 is 4.42 Å². The molecule has 0 amide bonds. The average molecular weight is 265 g/mol. The number of para-hydroxylation sites is 1. The Kier molecular flexibility index (Phi) is 2.09. The molecule has 3 heterocycles. The highest BCUT2D eigenvalue weighted by Crippen LogP contribution is 2.32. The SMILES string of the molecule is Cc1cccc2cc(-c3nc(N)nc4[nH]ncc34)oc12. The lowest BCUT2D eigenvalue weighted by molar-refractivity contribution is 0.627. The van der Waals surface area contributed by atoms with Gasteiger partial charge in [-0.15, -0.1) is 0 Å². The summed E-state index contributed by atoms with van der Waals surface area (Å²) in [6.07, 6.45) is 1.67. The van der Waals surface area contributed by atoms with Gasteiger partial charge in [-0.05, 0) is 18.6 Å². The molecule has 6 heteroatoms. The fourth-order valence-electron chi connectivity index (χ4n) is 2.37. The van der Waals surface area contributed by atoms with E-state index in [4.69, 9.17) is 10.2 Å². The standard InChI is InChI=1S/C14H11N5O/c1-7-3-2-4-8-5-10(20-12(7)8)11-9-6-16-19-13(9)18-14(15)17-11/h2-6H,1H3,(H3,15,16,17,18,19). The molecule has 4 aromatic rings. The number of H-pyrrole nitrogens is 1. The van der Waals surface area contributed by atoms with Crippen LogP contribution in [0.5, 0.6) is 0 Å². The quantitative estimate of drug-likeness (QED) is 0.551. The molecule has 0 aliphatic carbocycles. The van der Waals surface area contributed by atoms with Crippen LogP contribution in [0.1, 0.15) is 5.56 Å². The first-order valence-corrected chi connectivity index (χ1v) is 6.18. The van der Waals surface area contributed by atoms with Gasteiger partial charge in [-0.25, -0.2) is 4.98 Å². The van der Waals surface area contributed by atoms with E-state index in [1.807, 2.05) is 31.2 Å². The Morgan fingerprint density at radius 1 is 1.25 bits per heavy atom. The third-order valence-corrected chi connectivity index (χ3v) is 3.30. The molecule has 3 N–H and O–H groups in total. The third kappa shape index (κ3) is 1.48. The van der Waals surface area contributed by atoms with Crippen molar-refractivity contribution in [3.63, 3.8) is 0 Å². The van der Waals surface area contributed by atoms with Crippen LogP contribution >= 0.6 is 0 Å². The molecule has 0 fully saturated rings. The third-order valence-electron chi connectivity index (χ3n) is 3.30. The molecule has 0 bridgehead atoms. The van der Waals surface area contributed by atoms with E-state index in [9.17, 15) is 0 Å². The number of aryl methyl sites for hydroxylation is 1. The monoisotopic (exact) mass is 265 g/mol. The van der Waals surface area contributed by atoms with Gasteiger partial charge in [-0.1, -0.05) is 18.2 Å². The molecule has 20 heavy (non-hydrogen) atoms. The number of nitrogens with zero attached hydrogens (tertiary/aromatic N) is 3. The number of nitrogen functional groups attached to an aromatic ring is 1. The van der Waals surface area contributed by atoms with Crippen molar-refractivity contribution in [2.45, 2.75) is 6.92 Å². The van der Waals surface area contributed by atoms with E-state index in [-0.39, 0.29) is 5.95 Å². The number of hydrogen-bond acceptors (Lipinski definition) is 5. The minimum Gasteiger partial charge on any atom is -0.454 e. The number of benzene rings is 1. The van der Waals surface area contributed by atoms with Crippen molar-refractivity contribution >= 4 is 28.0 Å². The number of aromatic amines is 1. The Morgan fingerprint density at radius 2 is 2.15 bits per heavy atom. The zero-order valence-electron chi connectivity index (χ0n) is 10.7. The molecule has 6 nitrogen and oxygen atoms in total. The molecule has 0 saturated carbocycles. The average Bonchev–Trinajstić information content (AvgIpc) is 3.04. The number of nitrogens with two attached hydrogens (primary N) is 1. The summed E-state index contributed by atoms with van der Waals surface area (Å²) >= 11 is 0. The minimum atomic E-state index is 0.189. The van der Waals surface area contributed by atoms with E-state index in [1.165, 1.54) is 0 Å². The molecule has 0 atom stereocenters. The Bertz CT molecular complexity index is 937. The highest BCUT2D eigenvalue weighted by Gasteiger charge is 2.15. The number of hydrogen-bond donors (Lipinski definition) is 2. The fraction of sp³-hybridized carbons (Fsp3) is 0.0714. The molecule has 98 valence electrons. The summed E-state index contributed by atoms with van der Waals surface area (Å²) in [6, 6.07) is 7.97. The van der Waals surface area contributed by atoms with Gasteiger partial charge >= 0.3 is 0 Å². The van der Waals surface area contributed by atoms with Crippen LogP contribution in [0.25, 0.3) is 33.5 Å². The zero-order valence-corrected chi connectivity index (χ0v) is 10.7. The minimum absolute atomic E-state index is 0.189. The van der Waals surface area contributed by atoms with Crippen LogP contribution in [-0.4, -0.2) is 20.2 Å². The Morgan fingerprint density at radius 3 is 3.00 bits per heavy atom. The number of furan rings is 1. The first-order chi connectivity index (χ1) is 9.72. The summed E-state index contributed by atoms with van der Waals surface area (Å²) in [5.74, 6) is 0.851. The summed E-state index contributed by atoms with van der Waals surface area (Å²) < 4.78 is 5.93. The van der Waals surface area contributed by atoms with Gasteiger partial charge in [-0.3, -0.25) is 5.10 Å². The van der Waals surface area contributed by atoms with Crippen LogP contribution in [0.2, 0.25) is 0 Å².